The molecule has 0 saturated carbocycles. The molecular weight excluding hydrogens is 272 g/mol. The molecule has 0 fully saturated rings. The Kier molecular flexibility index (Phi) is 4.52. The summed E-state index contributed by atoms with van der Waals surface area (Å²) in [4.78, 5) is 8.08. The molecule has 114 valence electrons. The molecule has 0 amide bonds. The topological polar surface area (TPSA) is 63.9 Å². The van der Waals surface area contributed by atoms with Crippen LogP contribution in [-0.4, -0.2) is 45.5 Å². The molecule has 2 rings (SSSR count). The molecule has 0 atom stereocenters. The molecule has 7 nitrogen and oxygen atoms in total. The van der Waals surface area contributed by atoms with Gasteiger partial charge in [0.25, 0.3) is 5.95 Å². The van der Waals surface area contributed by atoms with Crippen LogP contribution >= 0.6 is 0 Å². The van der Waals surface area contributed by atoms with Crippen molar-refractivity contribution in [3.05, 3.63) is 24.1 Å². The lowest BCUT2D eigenvalue weighted by Crippen LogP contribution is -2.17. The first-order chi connectivity index (χ1) is 10.0. The second-order valence-electron chi connectivity index (χ2n) is 4.81. The summed E-state index contributed by atoms with van der Waals surface area (Å²) in [6, 6.07) is 5.67. The zero-order valence-corrected chi connectivity index (χ0v) is 13.0. The van der Waals surface area contributed by atoms with Gasteiger partial charge >= 0.3 is 0 Å². The van der Waals surface area contributed by atoms with Crippen LogP contribution in [0.15, 0.2) is 22.7 Å². The maximum atomic E-state index is 5.27. The highest BCUT2D eigenvalue weighted by Gasteiger charge is 2.12. The van der Waals surface area contributed by atoms with Gasteiger partial charge < -0.3 is 23.8 Å². The van der Waals surface area contributed by atoms with E-state index >= 15 is 0 Å². The standard InChI is InChI=1S/C14H20N4O3/c1-17(2)14-15-13(21-16-14)9-18(3)10-6-11(19-4)8-12(7-10)20-5/h6-8H,9H2,1-5H3. The SMILES string of the molecule is COc1cc(OC)cc(N(C)Cc2nc(N(C)C)no2)c1. The van der Waals surface area contributed by atoms with Crippen molar-refractivity contribution in [2.45, 2.75) is 6.54 Å². The van der Waals surface area contributed by atoms with Gasteiger partial charge in [0, 0.05) is 45.0 Å². The fourth-order valence-electron chi connectivity index (χ4n) is 1.80. The number of nitrogens with zero attached hydrogens (tertiary/aromatic N) is 4. The molecule has 0 bridgehead atoms. The molecule has 1 aromatic heterocycles. The molecule has 0 saturated heterocycles. The van der Waals surface area contributed by atoms with Gasteiger partial charge in [-0.2, -0.15) is 4.98 Å². The summed E-state index contributed by atoms with van der Waals surface area (Å²) in [5.41, 5.74) is 0.941. The Balaban J connectivity index is 2.16. The van der Waals surface area contributed by atoms with Crippen molar-refractivity contribution in [2.24, 2.45) is 0 Å². The molecule has 0 unspecified atom stereocenters. The summed E-state index contributed by atoms with van der Waals surface area (Å²) in [5.74, 6) is 2.57. The summed E-state index contributed by atoms with van der Waals surface area (Å²) < 4.78 is 15.8. The molecule has 1 aromatic carbocycles. The molecule has 7 heteroatoms. The molecule has 0 spiro atoms. The van der Waals surface area contributed by atoms with Crippen LogP contribution in [0, 0.1) is 0 Å². The number of hydrogen-bond acceptors (Lipinski definition) is 7. The lowest BCUT2D eigenvalue weighted by Gasteiger charge is -2.18. The predicted molar refractivity (Wildman–Crippen MR) is 80.3 cm³/mol. The number of hydrogen-bond donors (Lipinski definition) is 0. The maximum absolute atomic E-state index is 5.27. The number of rotatable bonds is 6. The fraction of sp³-hybridized carbons (Fsp3) is 0.429. The van der Waals surface area contributed by atoms with E-state index in [1.165, 1.54) is 0 Å². The lowest BCUT2D eigenvalue weighted by molar-refractivity contribution is 0.377. The van der Waals surface area contributed by atoms with Gasteiger partial charge in [-0.3, -0.25) is 0 Å². The minimum atomic E-state index is 0.497. The minimum absolute atomic E-state index is 0.497. The third-order valence-electron chi connectivity index (χ3n) is 3.01. The van der Waals surface area contributed by atoms with Gasteiger partial charge in [-0.15, -0.1) is 0 Å². The van der Waals surface area contributed by atoms with E-state index in [-0.39, 0.29) is 0 Å². The first-order valence-corrected chi connectivity index (χ1v) is 6.47. The van der Waals surface area contributed by atoms with Crippen LogP contribution in [0.4, 0.5) is 11.6 Å². The van der Waals surface area contributed by atoms with Crippen LogP contribution in [0.5, 0.6) is 11.5 Å². The quantitative estimate of drug-likeness (QED) is 0.804. The maximum Gasteiger partial charge on any atom is 0.265 e. The van der Waals surface area contributed by atoms with E-state index in [0.29, 0.717) is 18.4 Å². The van der Waals surface area contributed by atoms with Crippen molar-refractivity contribution in [1.82, 2.24) is 10.1 Å². The van der Waals surface area contributed by atoms with Gasteiger partial charge in [-0.25, -0.2) is 0 Å². The number of ether oxygens (including phenoxy) is 2. The van der Waals surface area contributed by atoms with E-state index in [1.54, 1.807) is 19.1 Å². The number of methoxy groups -OCH3 is 2. The molecule has 0 aliphatic carbocycles. The second-order valence-corrected chi connectivity index (χ2v) is 4.81. The summed E-state index contributed by atoms with van der Waals surface area (Å²) >= 11 is 0. The van der Waals surface area contributed by atoms with Crippen molar-refractivity contribution in [2.75, 3.05) is 45.2 Å². The van der Waals surface area contributed by atoms with E-state index in [9.17, 15) is 0 Å². The predicted octanol–water partition coefficient (Wildman–Crippen LogP) is 1.79. The molecule has 0 radical (unpaired) electrons. The summed E-state index contributed by atoms with van der Waals surface area (Å²) in [6.45, 7) is 0.497. The van der Waals surface area contributed by atoms with E-state index in [0.717, 1.165) is 17.2 Å². The van der Waals surface area contributed by atoms with Crippen LogP contribution < -0.4 is 19.3 Å². The zero-order valence-electron chi connectivity index (χ0n) is 13.0. The molecule has 1 heterocycles. The van der Waals surface area contributed by atoms with Gasteiger partial charge in [0.2, 0.25) is 5.89 Å². The van der Waals surface area contributed by atoms with Gasteiger partial charge in [0.05, 0.1) is 20.8 Å². The zero-order chi connectivity index (χ0) is 15.4. The monoisotopic (exact) mass is 292 g/mol. The molecule has 0 aliphatic rings. The Hall–Kier alpha value is -2.44. The first kappa shape index (κ1) is 15.0. The first-order valence-electron chi connectivity index (χ1n) is 6.47. The average Bonchev–Trinajstić information content (AvgIpc) is 2.95. The number of anilines is 2. The average molecular weight is 292 g/mol. The highest BCUT2D eigenvalue weighted by atomic mass is 16.5. The largest absolute Gasteiger partial charge is 0.497 e. The summed E-state index contributed by atoms with van der Waals surface area (Å²) in [5, 5.41) is 3.89. The Morgan fingerprint density at radius 3 is 2.14 bits per heavy atom. The van der Waals surface area contributed by atoms with E-state index in [2.05, 4.69) is 10.1 Å². The fourth-order valence-corrected chi connectivity index (χ4v) is 1.80. The highest BCUT2D eigenvalue weighted by molar-refractivity contribution is 5.55. The van der Waals surface area contributed by atoms with E-state index in [1.807, 2.05) is 44.2 Å². The lowest BCUT2D eigenvalue weighted by atomic mass is 10.2. The normalized spacial score (nSPS) is 10.3. The van der Waals surface area contributed by atoms with Gasteiger partial charge in [-0.05, 0) is 5.16 Å². The summed E-state index contributed by atoms with van der Waals surface area (Å²) in [6.07, 6.45) is 0. The molecule has 0 aliphatic heterocycles. The Morgan fingerprint density at radius 2 is 1.67 bits per heavy atom. The molecule has 21 heavy (non-hydrogen) atoms. The minimum Gasteiger partial charge on any atom is -0.497 e. The van der Waals surface area contributed by atoms with Crippen molar-refractivity contribution in [1.29, 1.82) is 0 Å². The third-order valence-corrected chi connectivity index (χ3v) is 3.01. The van der Waals surface area contributed by atoms with Crippen LogP contribution in [0.2, 0.25) is 0 Å². The van der Waals surface area contributed by atoms with E-state index < -0.39 is 0 Å². The van der Waals surface area contributed by atoms with Crippen molar-refractivity contribution in [3.8, 4) is 11.5 Å². The van der Waals surface area contributed by atoms with Crippen LogP contribution in [-0.2, 0) is 6.54 Å². The summed E-state index contributed by atoms with van der Waals surface area (Å²) in [7, 11) is 8.92. The Labute approximate surface area is 124 Å². The Morgan fingerprint density at radius 1 is 1.05 bits per heavy atom. The smallest absolute Gasteiger partial charge is 0.265 e. The van der Waals surface area contributed by atoms with Crippen LogP contribution in [0.1, 0.15) is 5.89 Å². The van der Waals surface area contributed by atoms with Gasteiger partial charge in [0.15, 0.2) is 0 Å². The molecule has 2 aromatic rings. The number of aromatic nitrogens is 2. The third kappa shape index (κ3) is 3.56. The Bertz CT molecular complexity index is 575. The van der Waals surface area contributed by atoms with Crippen molar-refractivity contribution in [3.63, 3.8) is 0 Å². The number of benzene rings is 1. The highest BCUT2D eigenvalue weighted by Crippen LogP contribution is 2.28. The second kappa shape index (κ2) is 6.34. The van der Waals surface area contributed by atoms with E-state index in [4.69, 9.17) is 14.0 Å². The molecular formula is C14H20N4O3. The molecule has 0 N–H and O–H groups in total. The van der Waals surface area contributed by atoms with Crippen LogP contribution in [0.25, 0.3) is 0 Å². The van der Waals surface area contributed by atoms with Crippen molar-refractivity contribution >= 4 is 11.6 Å². The van der Waals surface area contributed by atoms with Crippen molar-refractivity contribution < 1.29 is 14.0 Å². The van der Waals surface area contributed by atoms with Gasteiger partial charge in [0.1, 0.15) is 11.5 Å². The van der Waals surface area contributed by atoms with Gasteiger partial charge in [-0.1, -0.05) is 0 Å². The van der Waals surface area contributed by atoms with Crippen LogP contribution in [0.3, 0.4) is 0 Å².